The first-order chi connectivity index (χ1) is 14.4. The Morgan fingerprint density at radius 1 is 0.931 bits per heavy atom. The summed E-state index contributed by atoms with van der Waals surface area (Å²) in [5.41, 5.74) is 3.17. The Labute approximate surface area is 169 Å². The van der Waals surface area contributed by atoms with E-state index < -0.39 is 0 Å². The van der Waals surface area contributed by atoms with Crippen molar-refractivity contribution in [3.63, 3.8) is 0 Å². The van der Waals surface area contributed by atoms with Crippen LogP contribution in [0.15, 0.2) is 73.3 Å². The Morgan fingerprint density at radius 2 is 1.76 bits per heavy atom. The molecule has 0 amide bonds. The van der Waals surface area contributed by atoms with E-state index in [1.54, 1.807) is 12.4 Å². The lowest BCUT2D eigenvalue weighted by Gasteiger charge is -2.35. The van der Waals surface area contributed by atoms with Crippen molar-refractivity contribution in [2.24, 2.45) is 0 Å². The second-order valence-corrected chi connectivity index (χ2v) is 7.29. The molecule has 29 heavy (non-hydrogen) atoms. The summed E-state index contributed by atoms with van der Waals surface area (Å²) in [5, 5.41) is 4.70. The molecule has 1 atom stereocenters. The van der Waals surface area contributed by atoms with E-state index in [0.29, 0.717) is 11.9 Å². The molecule has 1 aliphatic heterocycles. The highest BCUT2D eigenvalue weighted by Crippen LogP contribution is 2.27. The monoisotopic (exact) mass is 382 g/mol. The topological polar surface area (TPSA) is 66.8 Å². The molecule has 0 unspecified atom stereocenters. The first-order valence-electron chi connectivity index (χ1n) is 9.91. The number of aromatic nitrogens is 4. The van der Waals surface area contributed by atoms with E-state index >= 15 is 0 Å². The molecule has 4 aromatic rings. The van der Waals surface area contributed by atoms with Crippen molar-refractivity contribution < 1.29 is 0 Å². The van der Waals surface area contributed by atoms with Gasteiger partial charge in [0.25, 0.3) is 0 Å². The molecule has 1 N–H and O–H groups in total. The van der Waals surface area contributed by atoms with Crippen LogP contribution in [0.3, 0.4) is 0 Å². The molecule has 1 aliphatic rings. The summed E-state index contributed by atoms with van der Waals surface area (Å²) in [4.78, 5) is 20.5. The van der Waals surface area contributed by atoms with Gasteiger partial charge in [-0.05, 0) is 30.2 Å². The lowest BCUT2D eigenvalue weighted by atomic mass is 10.0. The maximum absolute atomic E-state index is 4.97. The molecule has 1 fully saturated rings. The van der Waals surface area contributed by atoms with E-state index in [2.05, 4.69) is 50.5 Å². The summed E-state index contributed by atoms with van der Waals surface area (Å²) in [6, 6.07) is 16.9. The lowest BCUT2D eigenvalue weighted by Crippen LogP contribution is -2.52. The maximum atomic E-state index is 4.97. The standard InChI is InChI=1S/C23H22N6/c1-2-4-17(5-3-1)14-19-16-29(13-12-26-19)23-20-8-11-25-15-21(20)27-22(28-23)18-6-9-24-10-7-18/h1-11,15,19,26H,12-14,16H2/t19-/m0/s1. The fourth-order valence-corrected chi connectivity index (χ4v) is 3.89. The largest absolute Gasteiger partial charge is 0.353 e. The summed E-state index contributed by atoms with van der Waals surface area (Å²) < 4.78 is 0. The fraction of sp³-hybridized carbons (Fsp3) is 0.217. The van der Waals surface area contributed by atoms with Crippen molar-refractivity contribution in [2.45, 2.75) is 12.5 Å². The summed E-state index contributed by atoms with van der Waals surface area (Å²) in [6.45, 7) is 2.74. The number of nitrogens with zero attached hydrogens (tertiary/aromatic N) is 5. The molecule has 144 valence electrons. The van der Waals surface area contributed by atoms with Gasteiger partial charge in [0.15, 0.2) is 5.82 Å². The second kappa shape index (κ2) is 7.93. The van der Waals surface area contributed by atoms with Gasteiger partial charge in [0, 0.05) is 55.2 Å². The molecule has 3 aromatic heterocycles. The molecule has 0 radical (unpaired) electrons. The van der Waals surface area contributed by atoms with Crippen LogP contribution in [0.2, 0.25) is 0 Å². The minimum atomic E-state index is 0.377. The summed E-state index contributed by atoms with van der Waals surface area (Å²) in [7, 11) is 0. The van der Waals surface area contributed by atoms with Crippen LogP contribution in [0.1, 0.15) is 5.56 Å². The predicted molar refractivity (Wildman–Crippen MR) is 115 cm³/mol. The van der Waals surface area contributed by atoms with Gasteiger partial charge in [-0.25, -0.2) is 9.97 Å². The highest BCUT2D eigenvalue weighted by molar-refractivity contribution is 5.90. The van der Waals surface area contributed by atoms with Gasteiger partial charge in [0.05, 0.1) is 11.7 Å². The zero-order valence-electron chi connectivity index (χ0n) is 16.1. The maximum Gasteiger partial charge on any atom is 0.162 e. The van der Waals surface area contributed by atoms with Gasteiger partial charge in [-0.3, -0.25) is 9.97 Å². The zero-order valence-corrected chi connectivity index (χ0v) is 16.1. The van der Waals surface area contributed by atoms with Gasteiger partial charge in [-0.2, -0.15) is 0 Å². The Kier molecular flexibility index (Phi) is 4.84. The van der Waals surface area contributed by atoms with Gasteiger partial charge in [0.1, 0.15) is 5.82 Å². The molecule has 6 nitrogen and oxygen atoms in total. The fourth-order valence-electron chi connectivity index (χ4n) is 3.89. The van der Waals surface area contributed by atoms with Gasteiger partial charge < -0.3 is 10.2 Å². The number of fused-ring (bicyclic) bond motifs is 1. The highest BCUT2D eigenvalue weighted by Gasteiger charge is 2.23. The first kappa shape index (κ1) is 17.7. The normalized spacial score (nSPS) is 16.8. The smallest absolute Gasteiger partial charge is 0.162 e. The number of nitrogens with one attached hydrogen (secondary N) is 1. The van der Waals surface area contributed by atoms with Crippen LogP contribution in [0.4, 0.5) is 5.82 Å². The summed E-state index contributed by atoms with van der Waals surface area (Å²) in [6.07, 6.45) is 8.16. The van der Waals surface area contributed by atoms with Crippen LogP contribution in [-0.4, -0.2) is 45.6 Å². The third kappa shape index (κ3) is 3.79. The third-order valence-electron chi connectivity index (χ3n) is 5.30. The van der Waals surface area contributed by atoms with Gasteiger partial charge in [-0.15, -0.1) is 0 Å². The third-order valence-corrected chi connectivity index (χ3v) is 5.30. The number of hydrogen-bond donors (Lipinski definition) is 1. The Morgan fingerprint density at radius 3 is 2.62 bits per heavy atom. The second-order valence-electron chi connectivity index (χ2n) is 7.29. The SMILES string of the molecule is c1ccc(C[C@H]2CN(c3nc(-c4ccncc4)nc4cnccc34)CCN2)cc1. The van der Waals surface area contributed by atoms with Crippen LogP contribution in [0, 0.1) is 0 Å². The van der Waals surface area contributed by atoms with E-state index in [4.69, 9.17) is 9.97 Å². The number of rotatable bonds is 4. The Bertz CT molecular complexity index is 1100. The average molecular weight is 382 g/mol. The van der Waals surface area contributed by atoms with Crippen LogP contribution in [0.25, 0.3) is 22.3 Å². The molecule has 1 saturated heterocycles. The Balaban J connectivity index is 1.50. The molecule has 4 heterocycles. The van der Waals surface area contributed by atoms with E-state index in [0.717, 1.165) is 48.3 Å². The Hall–Kier alpha value is -3.38. The molecule has 0 bridgehead atoms. The van der Waals surface area contributed by atoms with Crippen LogP contribution >= 0.6 is 0 Å². The summed E-state index contributed by atoms with van der Waals surface area (Å²) in [5.74, 6) is 1.69. The molecule has 0 spiro atoms. The van der Waals surface area contributed by atoms with Crippen LogP contribution in [0.5, 0.6) is 0 Å². The molecule has 0 saturated carbocycles. The zero-order chi connectivity index (χ0) is 19.5. The lowest BCUT2D eigenvalue weighted by molar-refractivity contribution is 0.453. The molecular formula is C23H22N6. The van der Waals surface area contributed by atoms with Crippen LogP contribution < -0.4 is 10.2 Å². The van der Waals surface area contributed by atoms with Crippen LogP contribution in [-0.2, 0) is 6.42 Å². The quantitative estimate of drug-likeness (QED) is 0.585. The number of pyridine rings is 2. The van der Waals surface area contributed by atoms with E-state index in [1.165, 1.54) is 5.56 Å². The molecule has 5 rings (SSSR count). The van der Waals surface area contributed by atoms with Gasteiger partial charge >= 0.3 is 0 Å². The van der Waals surface area contributed by atoms with E-state index in [1.807, 2.05) is 30.6 Å². The summed E-state index contributed by atoms with van der Waals surface area (Å²) >= 11 is 0. The van der Waals surface area contributed by atoms with Gasteiger partial charge in [0.2, 0.25) is 0 Å². The minimum Gasteiger partial charge on any atom is -0.353 e. The molecule has 0 aliphatic carbocycles. The first-order valence-corrected chi connectivity index (χ1v) is 9.91. The van der Waals surface area contributed by atoms with Crippen molar-refractivity contribution in [1.29, 1.82) is 0 Å². The van der Waals surface area contributed by atoms with E-state index in [-0.39, 0.29) is 0 Å². The van der Waals surface area contributed by atoms with Crippen molar-refractivity contribution in [3.8, 4) is 11.4 Å². The van der Waals surface area contributed by atoms with Gasteiger partial charge in [-0.1, -0.05) is 30.3 Å². The minimum absolute atomic E-state index is 0.377. The molecule has 6 heteroatoms. The molecule has 1 aromatic carbocycles. The number of anilines is 1. The van der Waals surface area contributed by atoms with E-state index in [9.17, 15) is 0 Å². The van der Waals surface area contributed by atoms with Crippen molar-refractivity contribution in [2.75, 3.05) is 24.5 Å². The molecular weight excluding hydrogens is 360 g/mol. The average Bonchev–Trinajstić information content (AvgIpc) is 2.80. The predicted octanol–water partition coefficient (Wildman–Crippen LogP) is 3.11. The number of hydrogen-bond acceptors (Lipinski definition) is 6. The highest BCUT2D eigenvalue weighted by atomic mass is 15.3. The number of piperazine rings is 1. The van der Waals surface area contributed by atoms with Crippen molar-refractivity contribution in [1.82, 2.24) is 25.3 Å². The van der Waals surface area contributed by atoms with Crippen molar-refractivity contribution in [3.05, 3.63) is 78.9 Å². The number of benzene rings is 1. The van der Waals surface area contributed by atoms with Crippen molar-refractivity contribution >= 4 is 16.7 Å².